The molecule has 3 heterocycles. The molecule has 28 heavy (non-hydrogen) atoms. The highest BCUT2D eigenvalue weighted by molar-refractivity contribution is 5.76. The molecule has 1 aliphatic heterocycles. The number of nitrogens with one attached hydrogen (secondary N) is 1. The number of aryl methyl sites for hydroxylation is 1. The van der Waals surface area contributed by atoms with Crippen LogP contribution in [0.5, 0.6) is 0 Å². The quantitative estimate of drug-likeness (QED) is 0.792. The molecule has 1 atom stereocenters. The second-order valence-corrected chi connectivity index (χ2v) is 7.25. The van der Waals surface area contributed by atoms with Gasteiger partial charge < -0.3 is 4.90 Å². The summed E-state index contributed by atoms with van der Waals surface area (Å²) in [6.45, 7) is 6.75. The first kappa shape index (κ1) is 20.0. The zero-order valence-corrected chi connectivity index (χ0v) is 16.4. The van der Waals surface area contributed by atoms with Crippen molar-refractivity contribution in [3.8, 4) is 0 Å². The van der Waals surface area contributed by atoms with E-state index in [0.717, 1.165) is 25.9 Å². The molecule has 0 bridgehead atoms. The van der Waals surface area contributed by atoms with Crippen LogP contribution < -0.4 is 11.2 Å². The van der Waals surface area contributed by atoms with Gasteiger partial charge in [-0.05, 0) is 44.0 Å². The average Bonchev–Trinajstić information content (AvgIpc) is 2.71. The standard InChI is InChI=1S/C20H27N5O3/c1-3-23(12-16-6-8-21-9-7-16)17-5-4-10-24(13-17)18(26)14-25-11-15(2)19(27)22-20(25)28/h6-9,11,17H,3-5,10,12-14H2,1-2H3,(H,22,27,28). The van der Waals surface area contributed by atoms with Gasteiger partial charge in [0.1, 0.15) is 6.54 Å². The van der Waals surface area contributed by atoms with Crippen LogP contribution in [0.2, 0.25) is 0 Å². The largest absolute Gasteiger partial charge is 0.340 e. The van der Waals surface area contributed by atoms with Crippen molar-refractivity contribution in [2.45, 2.75) is 45.8 Å². The Morgan fingerprint density at radius 3 is 2.79 bits per heavy atom. The Kier molecular flexibility index (Phi) is 6.41. The van der Waals surface area contributed by atoms with Gasteiger partial charge in [-0.25, -0.2) is 4.79 Å². The molecule has 1 fully saturated rings. The summed E-state index contributed by atoms with van der Waals surface area (Å²) < 4.78 is 1.28. The highest BCUT2D eigenvalue weighted by Crippen LogP contribution is 2.18. The molecule has 0 saturated carbocycles. The lowest BCUT2D eigenvalue weighted by molar-refractivity contribution is -0.134. The van der Waals surface area contributed by atoms with E-state index in [1.54, 1.807) is 19.3 Å². The summed E-state index contributed by atoms with van der Waals surface area (Å²) in [5.41, 5.74) is 0.654. The summed E-state index contributed by atoms with van der Waals surface area (Å²) in [6.07, 6.45) is 7.01. The predicted molar refractivity (Wildman–Crippen MR) is 106 cm³/mol. The zero-order valence-electron chi connectivity index (χ0n) is 16.4. The number of aromatic nitrogens is 3. The van der Waals surface area contributed by atoms with Gasteiger partial charge in [-0.15, -0.1) is 0 Å². The van der Waals surface area contributed by atoms with Crippen LogP contribution in [0.15, 0.2) is 40.3 Å². The Morgan fingerprint density at radius 2 is 2.07 bits per heavy atom. The van der Waals surface area contributed by atoms with Crippen molar-refractivity contribution in [2.24, 2.45) is 0 Å². The number of likely N-dealkylation sites (N-methyl/N-ethyl adjacent to an activating group) is 1. The summed E-state index contributed by atoms with van der Waals surface area (Å²) in [4.78, 5) is 46.8. The summed E-state index contributed by atoms with van der Waals surface area (Å²) in [5.74, 6) is -0.0989. The molecule has 0 aromatic carbocycles. The maximum Gasteiger partial charge on any atom is 0.328 e. The fourth-order valence-corrected chi connectivity index (χ4v) is 3.68. The van der Waals surface area contributed by atoms with Crippen molar-refractivity contribution in [3.05, 3.63) is 62.7 Å². The smallest absolute Gasteiger partial charge is 0.328 e. The normalized spacial score (nSPS) is 17.1. The number of aromatic amines is 1. The summed E-state index contributed by atoms with van der Waals surface area (Å²) in [7, 11) is 0. The van der Waals surface area contributed by atoms with Gasteiger partial charge in [0.25, 0.3) is 5.56 Å². The SMILES string of the molecule is CCN(Cc1ccncc1)C1CCCN(C(=O)Cn2cc(C)c(=O)[nH]c2=O)C1. The zero-order chi connectivity index (χ0) is 20.1. The minimum atomic E-state index is -0.551. The van der Waals surface area contributed by atoms with E-state index >= 15 is 0 Å². The molecular weight excluding hydrogens is 358 g/mol. The van der Waals surface area contributed by atoms with E-state index in [9.17, 15) is 14.4 Å². The van der Waals surface area contributed by atoms with Gasteiger partial charge in [0.05, 0.1) is 0 Å². The van der Waals surface area contributed by atoms with Gasteiger partial charge in [-0.3, -0.25) is 29.0 Å². The first-order valence-electron chi connectivity index (χ1n) is 9.69. The van der Waals surface area contributed by atoms with Crippen molar-refractivity contribution in [1.29, 1.82) is 0 Å². The topological polar surface area (TPSA) is 91.3 Å². The Balaban J connectivity index is 1.66. The van der Waals surface area contributed by atoms with Gasteiger partial charge in [0.15, 0.2) is 0 Å². The van der Waals surface area contributed by atoms with Gasteiger partial charge >= 0.3 is 5.69 Å². The third-order valence-electron chi connectivity index (χ3n) is 5.30. The van der Waals surface area contributed by atoms with Crippen molar-refractivity contribution in [2.75, 3.05) is 19.6 Å². The highest BCUT2D eigenvalue weighted by Gasteiger charge is 2.27. The lowest BCUT2D eigenvalue weighted by atomic mass is 10.0. The molecule has 1 aliphatic rings. The van der Waals surface area contributed by atoms with Crippen LogP contribution in [0, 0.1) is 6.92 Å². The molecule has 3 rings (SSSR count). The fraction of sp³-hybridized carbons (Fsp3) is 0.500. The molecule has 1 N–H and O–H groups in total. The van der Waals surface area contributed by atoms with Gasteiger partial charge in [0.2, 0.25) is 5.91 Å². The summed E-state index contributed by atoms with van der Waals surface area (Å²) in [6, 6.07) is 4.31. The molecule has 1 saturated heterocycles. The third kappa shape index (κ3) is 4.75. The Morgan fingerprint density at radius 1 is 1.32 bits per heavy atom. The molecule has 2 aromatic heterocycles. The maximum atomic E-state index is 12.8. The van der Waals surface area contributed by atoms with Crippen molar-refractivity contribution in [3.63, 3.8) is 0 Å². The lowest BCUT2D eigenvalue weighted by Crippen LogP contribution is -2.50. The molecule has 0 aliphatic carbocycles. The number of H-pyrrole nitrogens is 1. The molecule has 1 amide bonds. The first-order chi connectivity index (χ1) is 13.5. The average molecular weight is 385 g/mol. The minimum absolute atomic E-state index is 0.0559. The monoisotopic (exact) mass is 385 g/mol. The number of carbonyl (C=O) groups excluding carboxylic acids is 1. The van der Waals surface area contributed by atoms with Crippen LogP contribution >= 0.6 is 0 Å². The van der Waals surface area contributed by atoms with Gasteiger partial charge in [0, 0.05) is 49.8 Å². The molecule has 150 valence electrons. The predicted octanol–water partition coefficient (Wildman–Crippen LogP) is 0.753. The first-order valence-corrected chi connectivity index (χ1v) is 9.69. The fourth-order valence-electron chi connectivity index (χ4n) is 3.68. The van der Waals surface area contributed by atoms with Crippen molar-refractivity contribution in [1.82, 2.24) is 24.3 Å². The number of hydrogen-bond acceptors (Lipinski definition) is 5. The van der Waals surface area contributed by atoms with Crippen LogP contribution in [0.25, 0.3) is 0 Å². The van der Waals surface area contributed by atoms with E-state index in [1.807, 2.05) is 17.0 Å². The van der Waals surface area contributed by atoms with Gasteiger partial charge in [-0.1, -0.05) is 6.92 Å². The molecular formula is C20H27N5O3. The number of carbonyl (C=O) groups is 1. The van der Waals surface area contributed by atoms with E-state index in [0.29, 0.717) is 18.7 Å². The molecule has 0 spiro atoms. The maximum absolute atomic E-state index is 12.8. The van der Waals surface area contributed by atoms with E-state index < -0.39 is 11.2 Å². The molecule has 8 nitrogen and oxygen atoms in total. The number of amides is 1. The molecule has 2 aromatic rings. The number of rotatable bonds is 6. The second-order valence-electron chi connectivity index (χ2n) is 7.25. The molecule has 0 radical (unpaired) electrons. The lowest BCUT2D eigenvalue weighted by Gasteiger charge is -2.39. The Hall–Kier alpha value is -2.74. The Bertz CT molecular complexity index is 921. The van der Waals surface area contributed by atoms with Crippen LogP contribution in [0.4, 0.5) is 0 Å². The molecule has 1 unspecified atom stereocenters. The molecule has 8 heteroatoms. The van der Waals surface area contributed by atoms with Crippen LogP contribution in [-0.2, 0) is 17.9 Å². The number of likely N-dealkylation sites (tertiary alicyclic amines) is 1. The van der Waals surface area contributed by atoms with Crippen molar-refractivity contribution >= 4 is 5.91 Å². The number of pyridine rings is 1. The minimum Gasteiger partial charge on any atom is -0.340 e. The van der Waals surface area contributed by atoms with Crippen molar-refractivity contribution < 1.29 is 4.79 Å². The summed E-state index contributed by atoms with van der Waals surface area (Å²) >= 11 is 0. The summed E-state index contributed by atoms with van der Waals surface area (Å²) in [5, 5.41) is 0. The highest BCUT2D eigenvalue weighted by atomic mass is 16.2. The van der Waals surface area contributed by atoms with E-state index in [2.05, 4.69) is 21.8 Å². The van der Waals surface area contributed by atoms with Crippen LogP contribution in [0.3, 0.4) is 0 Å². The van der Waals surface area contributed by atoms with E-state index in [1.165, 1.54) is 16.3 Å². The van der Waals surface area contributed by atoms with Gasteiger partial charge in [-0.2, -0.15) is 0 Å². The second kappa shape index (κ2) is 8.97. The van der Waals surface area contributed by atoms with Crippen LogP contribution in [-0.4, -0.2) is 55.9 Å². The van der Waals surface area contributed by atoms with E-state index in [4.69, 9.17) is 0 Å². The number of hydrogen-bond donors (Lipinski definition) is 1. The number of nitrogens with zero attached hydrogens (tertiary/aromatic N) is 4. The number of piperidine rings is 1. The van der Waals surface area contributed by atoms with E-state index in [-0.39, 0.29) is 18.5 Å². The third-order valence-corrected chi connectivity index (χ3v) is 5.30. The van der Waals surface area contributed by atoms with Crippen LogP contribution in [0.1, 0.15) is 30.9 Å². The Labute approximate surface area is 163 Å².